The van der Waals surface area contributed by atoms with Gasteiger partial charge in [0, 0.05) is 25.8 Å². The lowest BCUT2D eigenvalue weighted by molar-refractivity contribution is 0.0985. The minimum Gasteiger partial charge on any atom is -0.394 e. The van der Waals surface area contributed by atoms with Crippen LogP contribution in [0, 0.1) is 11.3 Å². The Morgan fingerprint density at radius 2 is 2.24 bits per heavy atom. The van der Waals surface area contributed by atoms with Crippen LogP contribution in [0.3, 0.4) is 0 Å². The third-order valence-electron chi connectivity index (χ3n) is 3.89. The summed E-state index contributed by atoms with van der Waals surface area (Å²) in [4.78, 5) is 14.0. The maximum atomic E-state index is 12.4. The summed E-state index contributed by atoms with van der Waals surface area (Å²) in [5.41, 5.74) is 0.520. The van der Waals surface area contributed by atoms with Crippen molar-refractivity contribution in [3.63, 3.8) is 0 Å². The van der Waals surface area contributed by atoms with Gasteiger partial charge in [0.05, 0.1) is 29.9 Å². The van der Waals surface area contributed by atoms with E-state index in [0.29, 0.717) is 24.2 Å². The molecule has 0 saturated carbocycles. The van der Waals surface area contributed by atoms with Crippen molar-refractivity contribution in [1.82, 2.24) is 4.90 Å². The second-order valence-electron chi connectivity index (χ2n) is 5.45. The van der Waals surface area contributed by atoms with E-state index in [1.54, 1.807) is 36.3 Å². The van der Waals surface area contributed by atoms with Crippen LogP contribution in [0.15, 0.2) is 24.3 Å². The molecule has 1 aromatic rings. The van der Waals surface area contributed by atoms with Gasteiger partial charge in [0.2, 0.25) is 0 Å². The molecule has 1 heterocycles. The first kappa shape index (κ1) is 15.3. The van der Waals surface area contributed by atoms with E-state index >= 15 is 0 Å². The Kier molecular flexibility index (Phi) is 4.46. The number of nitriles is 1. The quantitative estimate of drug-likeness (QED) is 0.884. The van der Waals surface area contributed by atoms with E-state index in [2.05, 4.69) is 5.32 Å². The summed E-state index contributed by atoms with van der Waals surface area (Å²) in [5, 5.41) is 21.1. The van der Waals surface area contributed by atoms with Crippen LogP contribution in [0.5, 0.6) is 0 Å². The molecule has 21 heavy (non-hydrogen) atoms. The molecule has 2 unspecified atom stereocenters. The fraction of sp³-hybridized carbons (Fsp3) is 0.467. The molecule has 1 aromatic carbocycles. The number of likely N-dealkylation sites (tertiary alicyclic amines) is 1. The highest BCUT2D eigenvalue weighted by Crippen LogP contribution is 2.30. The number of hydrogen-bond donors (Lipinski definition) is 2. The van der Waals surface area contributed by atoms with Crippen LogP contribution in [0.1, 0.15) is 18.9 Å². The van der Waals surface area contributed by atoms with Crippen LogP contribution in [0.25, 0.3) is 0 Å². The second kappa shape index (κ2) is 6.12. The Morgan fingerprint density at radius 3 is 2.76 bits per heavy atom. The Balaban J connectivity index is 2.09. The number of carbonyl (C=O) groups excluding carboxylic acids is 1. The predicted molar refractivity (Wildman–Crippen MR) is 77.8 cm³/mol. The van der Waals surface area contributed by atoms with Crippen molar-refractivity contribution in [2.45, 2.75) is 25.0 Å². The zero-order valence-electron chi connectivity index (χ0n) is 12.2. The van der Waals surface area contributed by atoms with Gasteiger partial charge in [0.25, 0.3) is 0 Å². The van der Waals surface area contributed by atoms with E-state index in [-0.39, 0.29) is 18.7 Å². The molecule has 2 amide bonds. The van der Waals surface area contributed by atoms with Crippen LogP contribution < -0.4 is 5.32 Å². The molecule has 112 valence electrons. The van der Waals surface area contributed by atoms with E-state index in [4.69, 9.17) is 10.00 Å². The smallest absolute Gasteiger partial charge is 0.322 e. The summed E-state index contributed by atoms with van der Waals surface area (Å²) >= 11 is 0. The van der Waals surface area contributed by atoms with Crippen molar-refractivity contribution in [1.29, 1.82) is 5.26 Å². The van der Waals surface area contributed by atoms with Gasteiger partial charge in [0.1, 0.15) is 0 Å². The van der Waals surface area contributed by atoms with Gasteiger partial charge in [-0.2, -0.15) is 5.26 Å². The van der Waals surface area contributed by atoms with Crippen molar-refractivity contribution < 1.29 is 14.6 Å². The molecule has 1 fully saturated rings. The Morgan fingerprint density at radius 1 is 1.57 bits per heavy atom. The van der Waals surface area contributed by atoms with Gasteiger partial charge < -0.3 is 20.1 Å². The van der Waals surface area contributed by atoms with Crippen LogP contribution in [0.4, 0.5) is 10.5 Å². The number of hydrogen-bond acceptors (Lipinski definition) is 4. The van der Waals surface area contributed by atoms with Gasteiger partial charge in [0.15, 0.2) is 0 Å². The maximum Gasteiger partial charge on any atom is 0.322 e. The van der Waals surface area contributed by atoms with Crippen LogP contribution in [-0.2, 0) is 4.74 Å². The van der Waals surface area contributed by atoms with Crippen LogP contribution in [0.2, 0.25) is 0 Å². The Bertz CT molecular complexity index is 552. The normalized spacial score (nSPS) is 24.7. The number of urea groups is 1. The van der Waals surface area contributed by atoms with E-state index in [1.807, 2.05) is 13.0 Å². The summed E-state index contributed by atoms with van der Waals surface area (Å²) in [6.07, 6.45) is 0.523. The molecule has 6 heteroatoms. The zero-order valence-corrected chi connectivity index (χ0v) is 12.2. The molecule has 1 aliphatic rings. The average molecular weight is 289 g/mol. The molecule has 0 radical (unpaired) electrons. The van der Waals surface area contributed by atoms with Gasteiger partial charge in [-0.25, -0.2) is 4.79 Å². The molecule has 0 aromatic heterocycles. The van der Waals surface area contributed by atoms with E-state index in [9.17, 15) is 9.90 Å². The van der Waals surface area contributed by atoms with Crippen molar-refractivity contribution >= 4 is 11.7 Å². The van der Waals surface area contributed by atoms with Gasteiger partial charge in [-0.05, 0) is 31.2 Å². The lowest BCUT2D eigenvalue weighted by Crippen LogP contribution is -2.49. The molecule has 1 saturated heterocycles. The molecule has 0 aliphatic carbocycles. The van der Waals surface area contributed by atoms with E-state index in [0.717, 1.165) is 0 Å². The molecular formula is C15H19N3O3. The van der Waals surface area contributed by atoms with Crippen molar-refractivity contribution in [3.05, 3.63) is 29.8 Å². The first-order valence-electron chi connectivity index (χ1n) is 6.75. The number of rotatable bonds is 3. The lowest BCUT2D eigenvalue weighted by atomic mass is 10.00. The number of amides is 2. The highest BCUT2D eigenvalue weighted by molar-refractivity contribution is 5.90. The largest absolute Gasteiger partial charge is 0.394 e. The number of ether oxygens (including phenoxy) is 1. The summed E-state index contributed by atoms with van der Waals surface area (Å²) < 4.78 is 5.30. The monoisotopic (exact) mass is 289 g/mol. The third kappa shape index (κ3) is 3.15. The van der Waals surface area contributed by atoms with Gasteiger partial charge in [-0.15, -0.1) is 0 Å². The highest BCUT2D eigenvalue weighted by Gasteiger charge is 2.44. The van der Waals surface area contributed by atoms with Gasteiger partial charge in [-0.3, -0.25) is 0 Å². The number of anilines is 1. The molecule has 2 atom stereocenters. The number of nitrogens with one attached hydrogen (secondary N) is 1. The van der Waals surface area contributed by atoms with Crippen molar-refractivity contribution in [2.75, 3.05) is 25.6 Å². The summed E-state index contributed by atoms with van der Waals surface area (Å²) in [7, 11) is 1.60. The fourth-order valence-corrected chi connectivity index (χ4v) is 2.54. The second-order valence-corrected chi connectivity index (χ2v) is 5.45. The zero-order chi connectivity index (χ0) is 15.5. The van der Waals surface area contributed by atoms with E-state index < -0.39 is 5.54 Å². The summed E-state index contributed by atoms with van der Waals surface area (Å²) in [5.74, 6) is 0. The molecule has 2 N–H and O–H groups in total. The van der Waals surface area contributed by atoms with E-state index in [1.165, 1.54) is 0 Å². The minimum atomic E-state index is -0.628. The number of benzene rings is 1. The first-order chi connectivity index (χ1) is 10.0. The number of nitrogens with zero attached hydrogens (tertiary/aromatic N) is 2. The first-order valence-corrected chi connectivity index (χ1v) is 6.75. The topological polar surface area (TPSA) is 85.6 Å². The SMILES string of the molecule is COC1CN(C(=O)Nc2ccc(C#N)cc2)C(C)(CO)C1. The predicted octanol–water partition coefficient (Wildman–Crippen LogP) is 1.56. The van der Waals surface area contributed by atoms with Gasteiger partial charge >= 0.3 is 6.03 Å². The molecule has 6 nitrogen and oxygen atoms in total. The highest BCUT2D eigenvalue weighted by atomic mass is 16.5. The number of aliphatic hydroxyl groups is 1. The van der Waals surface area contributed by atoms with Crippen molar-refractivity contribution in [2.24, 2.45) is 0 Å². The Hall–Kier alpha value is -2.10. The van der Waals surface area contributed by atoms with Crippen LogP contribution >= 0.6 is 0 Å². The maximum absolute atomic E-state index is 12.4. The molecule has 0 bridgehead atoms. The number of methoxy groups -OCH3 is 1. The van der Waals surface area contributed by atoms with Crippen LogP contribution in [-0.4, -0.2) is 47.9 Å². The Labute approximate surface area is 123 Å². The summed E-state index contributed by atoms with van der Waals surface area (Å²) in [6.45, 7) is 2.16. The standard InChI is InChI=1S/C15H19N3O3/c1-15(10-19)7-13(21-2)9-18(15)14(20)17-12-5-3-11(8-16)4-6-12/h3-6,13,19H,7,9-10H2,1-2H3,(H,17,20). The molecular weight excluding hydrogens is 270 g/mol. The number of aliphatic hydroxyl groups excluding tert-OH is 1. The summed E-state index contributed by atoms with van der Waals surface area (Å²) in [6, 6.07) is 8.38. The number of carbonyl (C=O) groups is 1. The third-order valence-corrected chi connectivity index (χ3v) is 3.89. The lowest BCUT2D eigenvalue weighted by Gasteiger charge is -2.33. The molecule has 1 aliphatic heterocycles. The van der Waals surface area contributed by atoms with Gasteiger partial charge in [-0.1, -0.05) is 0 Å². The average Bonchev–Trinajstić information content (AvgIpc) is 2.86. The fourth-order valence-electron chi connectivity index (χ4n) is 2.54. The molecule has 2 rings (SSSR count). The minimum absolute atomic E-state index is 0.0751. The van der Waals surface area contributed by atoms with Crippen molar-refractivity contribution in [3.8, 4) is 6.07 Å². The molecule has 0 spiro atoms.